The van der Waals surface area contributed by atoms with Crippen LogP contribution in [-0.4, -0.2) is 49.6 Å². The largest absolute Gasteiger partial charge is 0.397 e. The van der Waals surface area contributed by atoms with Gasteiger partial charge in [0, 0.05) is 25.3 Å². The van der Waals surface area contributed by atoms with Crippen molar-refractivity contribution in [3.8, 4) is 0 Å². The maximum Gasteiger partial charge on any atom is 0.274 e. The van der Waals surface area contributed by atoms with Gasteiger partial charge in [0.25, 0.3) is 5.91 Å². The van der Waals surface area contributed by atoms with Crippen molar-refractivity contribution in [2.75, 3.05) is 25.1 Å². The number of nitrogens with zero attached hydrogens (tertiary/aromatic N) is 2. The van der Waals surface area contributed by atoms with Crippen molar-refractivity contribution >= 4 is 21.6 Å². The van der Waals surface area contributed by atoms with Gasteiger partial charge < -0.3 is 10.6 Å². The van der Waals surface area contributed by atoms with Gasteiger partial charge in [0.1, 0.15) is 0 Å². The van der Waals surface area contributed by atoms with E-state index in [1.807, 2.05) is 0 Å². The van der Waals surface area contributed by atoms with Gasteiger partial charge in [-0.15, -0.1) is 0 Å². The third-order valence-electron chi connectivity index (χ3n) is 3.20. The minimum absolute atomic E-state index is 0.116. The Morgan fingerprint density at radius 2 is 2.10 bits per heavy atom. The van der Waals surface area contributed by atoms with Gasteiger partial charge in [0.15, 0.2) is 5.69 Å². The molecule has 1 aliphatic rings. The molecule has 0 radical (unpaired) electrons. The smallest absolute Gasteiger partial charge is 0.274 e. The fourth-order valence-electron chi connectivity index (χ4n) is 2.25. The molecule has 0 spiro atoms. The lowest BCUT2D eigenvalue weighted by Gasteiger charge is -2.31. The highest BCUT2D eigenvalue weighted by atomic mass is 32.2. The lowest BCUT2D eigenvalue weighted by atomic mass is 10.1. The molecule has 2 rings (SSSR count). The van der Waals surface area contributed by atoms with Crippen LogP contribution in [0, 0.1) is 0 Å². The van der Waals surface area contributed by atoms with Crippen molar-refractivity contribution < 1.29 is 13.2 Å². The van der Waals surface area contributed by atoms with E-state index >= 15 is 0 Å². The maximum absolute atomic E-state index is 12.3. The van der Waals surface area contributed by atoms with Crippen LogP contribution in [0.1, 0.15) is 23.3 Å². The van der Waals surface area contributed by atoms with Gasteiger partial charge in [0.2, 0.25) is 10.0 Å². The quantitative estimate of drug-likeness (QED) is 0.805. The molecule has 110 valence electrons. The highest BCUT2D eigenvalue weighted by Gasteiger charge is 2.26. The molecule has 1 aromatic heterocycles. The summed E-state index contributed by atoms with van der Waals surface area (Å²) >= 11 is 0. The molecule has 3 N–H and O–H groups in total. The summed E-state index contributed by atoms with van der Waals surface area (Å²) in [6.07, 6.45) is 3.85. The number of carbonyl (C=O) groups excluding carboxylic acids is 1. The molecule has 1 saturated heterocycles. The Bertz CT molecular complexity index is 594. The first-order valence-electron chi connectivity index (χ1n) is 6.34. The highest BCUT2D eigenvalue weighted by molar-refractivity contribution is 7.88. The van der Waals surface area contributed by atoms with Gasteiger partial charge in [-0.1, -0.05) is 0 Å². The number of likely N-dealkylation sites (tertiary alicyclic amines) is 1. The first kappa shape index (κ1) is 14.7. The number of sulfonamides is 1. The second kappa shape index (κ2) is 5.76. The molecule has 2 heterocycles. The second-order valence-electron chi connectivity index (χ2n) is 4.90. The zero-order chi connectivity index (χ0) is 14.8. The van der Waals surface area contributed by atoms with Crippen molar-refractivity contribution in [1.82, 2.24) is 14.6 Å². The van der Waals surface area contributed by atoms with Gasteiger partial charge in [-0.3, -0.25) is 4.79 Å². The number of aromatic nitrogens is 1. The van der Waals surface area contributed by atoms with E-state index in [9.17, 15) is 13.2 Å². The van der Waals surface area contributed by atoms with Crippen LogP contribution < -0.4 is 10.5 Å². The molecule has 20 heavy (non-hydrogen) atoms. The van der Waals surface area contributed by atoms with E-state index in [-0.39, 0.29) is 17.6 Å². The molecular formula is C12H18N4O3S. The summed E-state index contributed by atoms with van der Waals surface area (Å²) in [5, 5.41) is 0. The van der Waals surface area contributed by atoms with Crippen LogP contribution in [0.4, 0.5) is 5.69 Å². The van der Waals surface area contributed by atoms with Gasteiger partial charge >= 0.3 is 0 Å². The van der Waals surface area contributed by atoms with E-state index < -0.39 is 10.0 Å². The average Bonchev–Trinajstić information content (AvgIpc) is 2.37. The normalized spacial score (nSPS) is 17.1. The summed E-state index contributed by atoms with van der Waals surface area (Å²) in [6.45, 7) is 0.976. The van der Waals surface area contributed by atoms with Gasteiger partial charge in [-0.05, 0) is 25.0 Å². The molecule has 1 aromatic rings. The molecule has 0 unspecified atom stereocenters. The molecule has 1 fully saturated rings. The van der Waals surface area contributed by atoms with Crippen LogP contribution in [0.3, 0.4) is 0 Å². The lowest BCUT2D eigenvalue weighted by Crippen LogP contribution is -2.46. The lowest BCUT2D eigenvalue weighted by molar-refractivity contribution is 0.0706. The van der Waals surface area contributed by atoms with E-state index in [1.54, 1.807) is 17.0 Å². The zero-order valence-electron chi connectivity index (χ0n) is 11.2. The standard InChI is InChI=1S/C12H18N4O3S/c1-20(18,19)15-9-4-7-16(8-5-9)12(17)11-10(13)3-2-6-14-11/h2-3,6,9,15H,4-5,7-8,13H2,1H3. The molecule has 7 nitrogen and oxygen atoms in total. The third kappa shape index (κ3) is 3.67. The average molecular weight is 298 g/mol. The van der Waals surface area contributed by atoms with Crippen LogP contribution in [0.2, 0.25) is 0 Å². The Labute approximate surface area is 118 Å². The van der Waals surface area contributed by atoms with Crippen LogP contribution >= 0.6 is 0 Å². The number of piperidine rings is 1. The summed E-state index contributed by atoms with van der Waals surface area (Å²) in [7, 11) is -3.21. The van der Waals surface area contributed by atoms with Crippen LogP contribution in [0.25, 0.3) is 0 Å². The number of pyridine rings is 1. The van der Waals surface area contributed by atoms with E-state index in [1.165, 1.54) is 6.20 Å². The summed E-state index contributed by atoms with van der Waals surface area (Å²) in [5.74, 6) is -0.207. The minimum Gasteiger partial charge on any atom is -0.397 e. The Morgan fingerprint density at radius 3 is 2.65 bits per heavy atom. The highest BCUT2D eigenvalue weighted by Crippen LogP contribution is 2.16. The SMILES string of the molecule is CS(=O)(=O)NC1CCN(C(=O)c2ncccc2N)CC1. The number of carbonyl (C=O) groups is 1. The Morgan fingerprint density at radius 1 is 1.45 bits per heavy atom. The molecule has 8 heteroatoms. The fraction of sp³-hybridized carbons (Fsp3) is 0.500. The van der Waals surface area contributed by atoms with Gasteiger partial charge in [0.05, 0.1) is 11.9 Å². The van der Waals surface area contributed by atoms with Gasteiger partial charge in [-0.25, -0.2) is 18.1 Å². The Kier molecular flexibility index (Phi) is 4.24. The van der Waals surface area contributed by atoms with Crippen molar-refractivity contribution in [3.05, 3.63) is 24.0 Å². The van der Waals surface area contributed by atoms with Crippen molar-refractivity contribution in [2.24, 2.45) is 0 Å². The number of anilines is 1. The summed E-state index contributed by atoms with van der Waals surface area (Å²) < 4.78 is 24.9. The van der Waals surface area contributed by atoms with E-state index in [4.69, 9.17) is 5.73 Å². The molecule has 0 bridgehead atoms. The van der Waals surface area contributed by atoms with Crippen molar-refractivity contribution in [2.45, 2.75) is 18.9 Å². The van der Waals surface area contributed by atoms with Crippen LogP contribution in [0.15, 0.2) is 18.3 Å². The summed E-state index contributed by atoms with van der Waals surface area (Å²) in [6, 6.07) is 3.20. The molecule has 0 atom stereocenters. The topological polar surface area (TPSA) is 105 Å². The Balaban J connectivity index is 1.97. The van der Waals surface area contributed by atoms with Crippen molar-refractivity contribution in [3.63, 3.8) is 0 Å². The number of nitrogen functional groups attached to an aromatic ring is 1. The second-order valence-corrected chi connectivity index (χ2v) is 6.68. The maximum atomic E-state index is 12.3. The molecule has 1 amide bonds. The monoisotopic (exact) mass is 298 g/mol. The van der Waals surface area contributed by atoms with E-state index in [0.29, 0.717) is 31.6 Å². The number of rotatable bonds is 3. The molecule has 0 aliphatic carbocycles. The third-order valence-corrected chi connectivity index (χ3v) is 3.97. The van der Waals surface area contributed by atoms with Crippen LogP contribution in [0.5, 0.6) is 0 Å². The summed E-state index contributed by atoms with van der Waals surface area (Å²) in [4.78, 5) is 17.9. The first-order valence-corrected chi connectivity index (χ1v) is 8.23. The molecular weight excluding hydrogens is 280 g/mol. The number of hydrogen-bond donors (Lipinski definition) is 2. The number of nitrogens with two attached hydrogens (primary N) is 1. The number of nitrogens with one attached hydrogen (secondary N) is 1. The van der Waals surface area contributed by atoms with Gasteiger partial charge in [-0.2, -0.15) is 0 Å². The van der Waals surface area contributed by atoms with E-state index in [0.717, 1.165) is 6.26 Å². The zero-order valence-corrected chi connectivity index (χ0v) is 12.1. The first-order chi connectivity index (χ1) is 9.37. The van der Waals surface area contributed by atoms with E-state index in [2.05, 4.69) is 9.71 Å². The van der Waals surface area contributed by atoms with Crippen LogP contribution in [-0.2, 0) is 10.0 Å². The Hall–Kier alpha value is -1.67. The number of amides is 1. The molecule has 0 aromatic carbocycles. The summed E-state index contributed by atoms with van der Waals surface area (Å²) in [5.41, 5.74) is 6.34. The number of hydrogen-bond acceptors (Lipinski definition) is 5. The predicted molar refractivity (Wildman–Crippen MR) is 75.6 cm³/mol. The molecule has 0 saturated carbocycles. The van der Waals surface area contributed by atoms with Crippen molar-refractivity contribution in [1.29, 1.82) is 0 Å². The fourth-order valence-corrected chi connectivity index (χ4v) is 3.09. The predicted octanol–water partition coefficient (Wildman–Crippen LogP) is -0.182. The minimum atomic E-state index is -3.21. The molecule has 1 aliphatic heterocycles.